The van der Waals surface area contributed by atoms with Gasteiger partial charge in [-0.25, -0.2) is 0 Å². The van der Waals surface area contributed by atoms with E-state index in [0.717, 1.165) is 90.0 Å². The molecule has 5 unspecified atom stereocenters. The van der Waals surface area contributed by atoms with Crippen molar-refractivity contribution >= 4 is 23.6 Å². The van der Waals surface area contributed by atoms with Crippen molar-refractivity contribution in [1.29, 1.82) is 0 Å². The van der Waals surface area contributed by atoms with Crippen molar-refractivity contribution in [3.05, 3.63) is 0 Å². The van der Waals surface area contributed by atoms with Crippen LogP contribution in [0, 0.1) is 23.7 Å². The number of fused-ring (bicyclic) bond motifs is 4. The van der Waals surface area contributed by atoms with Crippen LogP contribution in [0.2, 0.25) is 0 Å². The smallest absolute Gasteiger partial charge is 0.243 e. The third-order valence-electron chi connectivity index (χ3n) is 11.8. The normalized spacial score (nSPS) is 34.4. The molecule has 2 heterocycles. The molecule has 4 amide bonds. The zero-order valence-electron chi connectivity index (χ0n) is 29.4. The van der Waals surface area contributed by atoms with E-state index in [4.69, 9.17) is 9.47 Å². The van der Waals surface area contributed by atoms with Gasteiger partial charge in [0, 0.05) is 20.2 Å². The van der Waals surface area contributed by atoms with E-state index in [1.165, 1.54) is 19.3 Å². The van der Waals surface area contributed by atoms with Crippen LogP contribution in [0.15, 0.2) is 0 Å². The second kappa shape index (κ2) is 19.2. The van der Waals surface area contributed by atoms with Gasteiger partial charge in [0.15, 0.2) is 0 Å². The number of nitrogens with one attached hydrogen (secondary N) is 5. The minimum Gasteiger partial charge on any atom is -0.383 e. The highest BCUT2D eigenvalue weighted by molar-refractivity contribution is 5.94. The molecule has 0 aromatic rings. The van der Waals surface area contributed by atoms with Crippen LogP contribution in [0.4, 0.5) is 0 Å². The van der Waals surface area contributed by atoms with Crippen molar-refractivity contribution in [2.45, 2.75) is 152 Å². The molecule has 3 aliphatic carbocycles. The lowest BCUT2D eigenvalue weighted by atomic mass is 9.81. The van der Waals surface area contributed by atoms with Gasteiger partial charge in [0.25, 0.3) is 0 Å². The number of hydrogen-bond acceptors (Lipinski definition) is 7. The van der Waals surface area contributed by atoms with E-state index in [9.17, 15) is 19.2 Å². The van der Waals surface area contributed by atoms with E-state index >= 15 is 0 Å². The summed E-state index contributed by atoms with van der Waals surface area (Å²) >= 11 is 0. The molecule has 2 saturated heterocycles. The van der Waals surface area contributed by atoms with Crippen molar-refractivity contribution in [2.24, 2.45) is 23.7 Å². The summed E-state index contributed by atoms with van der Waals surface area (Å²) in [5.41, 5.74) is 0. The van der Waals surface area contributed by atoms with Gasteiger partial charge in [0.1, 0.15) is 18.1 Å². The highest BCUT2D eigenvalue weighted by Crippen LogP contribution is 2.35. The van der Waals surface area contributed by atoms with E-state index in [2.05, 4.69) is 26.6 Å². The summed E-state index contributed by atoms with van der Waals surface area (Å²) in [6.45, 7) is 2.27. The van der Waals surface area contributed by atoms with Crippen molar-refractivity contribution in [2.75, 3.05) is 33.4 Å². The van der Waals surface area contributed by atoms with Crippen LogP contribution in [0.3, 0.4) is 0 Å². The Kier molecular flexibility index (Phi) is 14.8. The zero-order valence-corrected chi connectivity index (χ0v) is 29.4. The van der Waals surface area contributed by atoms with Crippen LogP contribution >= 0.6 is 0 Å². The zero-order chi connectivity index (χ0) is 33.7. The first kappa shape index (κ1) is 37.0. The van der Waals surface area contributed by atoms with Crippen LogP contribution in [0.5, 0.6) is 0 Å². The number of rotatable bonds is 9. The van der Waals surface area contributed by atoms with E-state index in [1.807, 2.05) is 0 Å². The van der Waals surface area contributed by atoms with Gasteiger partial charge in [-0.15, -0.1) is 0 Å². The molecule has 5 rings (SSSR count). The van der Waals surface area contributed by atoms with Gasteiger partial charge in [-0.1, -0.05) is 57.8 Å². The summed E-state index contributed by atoms with van der Waals surface area (Å²) in [5, 5.41) is 15.6. The first-order chi connectivity index (χ1) is 23.4. The number of carbonyl (C=O) groups excluding carboxylic acids is 4. The van der Waals surface area contributed by atoms with E-state index in [-0.39, 0.29) is 53.6 Å². The summed E-state index contributed by atoms with van der Waals surface area (Å²) in [7, 11) is 1.60. The summed E-state index contributed by atoms with van der Waals surface area (Å²) in [5.74, 6) is -0.0520. The quantitative estimate of drug-likeness (QED) is 0.236. The fraction of sp³-hybridized carbons (Fsp3) is 0.892. The van der Waals surface area contributed by atoms with Crippen LogP contribution in [0.1, 0.15) is 122 Å². The molecule has 0 spiro atoms. The molecule has 8 atom stereocenters. The van der Waals surface area contributed by atoms with E-state index in [0.29, 0.717) is 44.9 Å². The van der Waals surface area contributed by atoms with E-state index in [1.54, 1.807) is 7.11 Å². The molecule has 0 aromatic heterocycles. The minimum absolute atomic E-state index is 0.0930. The minimum atomic E-state index is -0.779. The second-order valence-electron chi connectivity index (χ2n) is 15.5. The number of ether oxygens (including phenoxy) is 2. The fourth-order valence-electron chi connectivity index (χ4n) is 9.02. The maximum Gasteiger partial charge on any atom is 0.243 e. The summed E-state index contributed by atoms with van der Waals surface area (Å²) in [6, 6.07) is -2.22. The maximum absolute atomic E-state index is 14.2. The molecular formula is C37H63N5O6. The Morgan fingerprint density at radius 2 is 1.50 bits per heavy atom. The van der Waals surface area contributed by atoms with Gasteiger partial charge in [-0.3, -0.25) is 19.2 Å². The van der Waals surface area contributed by atoms with Crippen LogP contribution in [-0.2, 0) is 28.7 Å². The summed E-state index contributed by atoms with van der Waals surface area (Å²) in [6.07, 6.45) is 18.3. The lowest BCUT2D eigenvalue weighted by Gasteiger charge is -2.37. The Morgan fingerprint density at radius 3 is 2.19 bits per heavy atom. The maximum atomic E-state index is 14.2. The van der Waals surface area contributed by atoms with Crippen molar-refractivity contribution in [3.63, 3.8) is 0 Å². The molecule has 0 radical (unpaired) electrons. The molecule has 0 aromatic carbocycles. The average Bonchev–Trinajstić information content (AvgIpc) is 3.10. The van der Waals surface area contributed by atoms with Gasteiger partial charge in [0.05, 0.1) is 24.7 Å². The van der Waals surface area contributed by atoms with Crippen molar-refractivity contribution in [3.8, 4) is 0 Å². The van der Waals surface area contributed by atoms with Crippen LogP contribution in [0.25, 0.3) is 0 Å². The number of amides is 4. The molecule has 3 saturated carbocycles. The lowest BCUT2D eigenvalue weighted by Crippen LogP contribution is -2.58. The molecule has 4 bridgehead atoms. The molecule has 11 heteroatoms. The predicted molar refractivity (Wildman–Crippen MR) is 184 cm³/mol. The Bertz CT molecular complexity index is 1050. The molecule has 11 nitrogen and oxygen atoms in total. The first-order valence-electron chi connectivity index (χ1n) is 19.4. The Morgan fingerprint density at radius 1 is 0.771 bits per heavy atom. The largest absolute Gasteiger partial charge is 0.383 e. The highest BCUT2D eigenvalue weighted by Gasteiger charge is 2.37. The monoisotopic (exact) mass is 673 g/mol. The standard InChI is InChI=1S/C37H63N5O6/c1-47-19-18-39-35(44)32-22-26-10-5-13-29(20-26)48-30-14-6-11-27(21-30)23-33(41-34(43)28-12-7-17-38-24-28)37(46)40-31(36(45)42-32)16-15-25-8-3-2-4-9-25/h25-33,38H,2-24H2,1H3,(H,39,44)(H,40,46)(H,41,43)(H,42,45)/t26?,27?,28?,29?,30?,31-,32-,33-/m0/s1. The molecular weight excluding hydrogens is 610 g/mol. The van der Waals surface area contributed by atoms with Gasteiger partial charge < -0.3 is 36.1 Å². The van der Waals surface area contributed by atoms with Gasteiger partial charge in [-0.2, -0.15) is 0 Å². The average molecular weight is 674 g/mol. The lowest BCUT2D eigenvalue weighted by molar-refractivity contribution is -0.135. The number of methoxy groups -OCH3 is 1. The summed E-state index contributed by atoms with van der Waals surface area (Å²) in [4.78, 5) is 55.3. The predicted octanol–water partition coefficient (Wildman–Crippen LogP) is 3.49. The second-order valence-corrected chi connectivity index (χ2v) is 15.5. The summed E-state index contributed by atoms with van der Waals surface area (Å²) < 4.78 is 11.9. The Balaban J connectivity index is 1.38. The third-order valence-corrected chi connectivity index (χ3v) is 11.8. The SMILES string of the molecule is COCCNC(=O)[C@@H]1CC2CCCC(C2)OC2CCCC(C2)C[C@H](NC(=O)C2CCCNC2)C(=O)N[C@@H](CCC2CCCCC2)C(=O)N1. The molecule has 5 fully saturated rings. The third kappa shape index (κ3) is 11.4. The van der Waals surface area contributed by atoms with Gasteiger partial charge in [0.2, 0.25) is 23.6 Å². The van der Waals surface area contributed by atoms with Crippen LogP contribution in [-0.4, -0.2) is 87.3 Å². The molecule has 5 aliphatic rings. The van der Waals surface area contributed by atoms with Gasteiger partial charge in [-0.05, 0) is 88.5 Å². The van der Waals surface area contributed by atoms with E-state index < -0.39 is 18.1 Å². The molecule has 272 valence electrons. The molecule has 48 heavy (non-hydrogen) atoms. The van der Waals surface area contributed by atoms with Gasteiger partial charge >= 0.3 is 0 Å². The number of carbonyl (C=O) groups is 4. The Hall–Kier alpha value is -2.24. The Labute approximate surface area is 287 Å². The highest BCUT2D eigenvalue weighted by atomic mass is 16.5. The van der Waals surface area contributed by atoms with Crippen LogP contribution < -0.4 is 26.6 Å². The molecule has 2 aliphatic heterocycles. The fourth-order valence-corrected chi connectivity index (χ4v) is 9.02. The first-order valence-corrected chi connectivity index (χ1v) is 19.4. The number of piperidine rings is 1. The molecule has 5 N–H and O–H groups in total. The number of hydrogen-bond donors (Lipinski definition) is 5. The van der Waals surface area contributed by atoms with Crippen molar-refractivity contribution < 1.29 is 28.7 Å². The topological polar surface area (TPSA) is 147 Å². The van der Waals surface area contributed by atoms with Crippen molar-refractivity contribution in [1.82, 2.24) is 26.6 Å².